The maximum Gasteiger partial charge on any atom is 0.354 e. The smallest absolute Gasteiger partial charge is 0.354 e. The third-order valence-electron chi connectivity index (χ3n) is 5.73. The second-order valence-corrected chi connectivity index (χ2v) is 7.65. The Kier molecular flexibility index (Phi) is 4.82. The van der Waals surface area contributed by atoms with Gasteiger partial charge in [-0.3, -0.25) is 4.79 Å². The van der Waals surface area contributed by atoms with Crippen LogP contribution in [-0.2, 0) is 9.53 Å². The van der Waals surface area contributed by atoms with E-state index in [0.29, 0.717) is 23.6 Å². The number of hydrogen-bond acceptors (Lipinski definition) is 6. The van der Waals surface area contributed by atoms with E-state index in [2.05, 4.69) is 15.0 Å². The molecule has 8 nitrogen and oxygen atoms in total. The highest BCUT2D eigenvalue weighted by Crippen LogP contribution is 2.34. The van der Waals surface area contributed by atoms with E-state index in [4.69, 9.17) is 10.5 Å². The van der Waals surface area contributed by atoms with Gasteiger partial charge in [0.15, 0.2) is 0 Å². The number of fused-ring (bicyclic) bond motifs is 1. The minimum absolute atomic E-state index is 0.153. The Morgan fingerprint density at radius 2 is 1.91 bits per heavy atom. The molecule has 1 aliphatic rings. The molecule has 0 atom stereocenters. The quantitative estimate of drug-likeness (QED) is 0.479. The maximum absolute atomic E-state index is 12.0. The lowest BCUT2D eigenvalue weighted by atomic mass is 9.99. The third-order valence-corrected chi connectivity index (χ3v) is 5.73. The van der Waals surface area contributed by atoms with Crippen LogP contribution in [0.5, 0.6) is 0 Å². The van der Waals surface area contributed by atoms with Gasteiger partial charge in [0.05, 0.1) is 7.11 Å². The first kappa shape index (κ1) is 19.7. The van der Waals surface area contributed by atoms with Crippen molar-refractivity contribution in [2.45, 2.75) is 12.8 Å². The summed E-state index contributed by atoms with van der Waals surface area (Å²) < 4.78 is 4.81. The Morgan fingerprint density at radius 3 is 2.62 bits per heavy atom. The van der Waals surface area contributed by atoms with Crippen molar-refractivity contribution in [3.05, 3.63) is 60.6 Å². The lowest BCUT2D eigenvalue weighted by molar-refractivity contribution is -0.117. The zero-order chi connectivity index (χ0) is 22.2. The Hall–Kier alpha value is -4.20. The van der Waals surface area contributed by atoms with E-state index in [1.165, 1.54) is 7.11 Å². The molecule has 1 saturated heterocycles. The minimum atomic E-state index is -0.457. The summed E-state index contributed by atoms with van der Waals surface area (Å²) in [6.07, 6.45) is 4.86. The van der Waals surface area contributed by atoms with Crippen LogP contribution < -0.4 is 10.6 Å². The number of aromatic nitrogens is 3. The van der Waals surface area contributed by atoms with Gasteiger partial charge < -0.3 is 20.4 Å². The molecule has 1 fully saturated rings. The van der Waals surface area contributed by atoms with Gasteiger partial charge in [0.2, 0.25) is 5.91 Å². The molecule has 4 heterocycles. The molecule has 3 N–H and O–H groups in total. The van der Waals surface area contributed by atoms with E-state index >= 15 is 0 Å². The Labute approximate surface area is 184 Å². The summed E-state index contributed by atoms with van der Waals surface area (Å²) in [5.74, 6) is 0.107. The number of esters is 1. The van der Waals surface area contributed by atoms with Gasteiger partial charge in [-0.2, -0.15) is 0 Å². The predicted molar refractivity (Wildman–Crippen MR) is 122 cm³/mol. The number of nitrogens with zero attached hydrogens (tertiary/aromatic N) is 3. The van der Waals surface area contributed by atoms with E-state index in [0.717, 1.165) is 46.3 Å². The Balaban J connectivity index is 1.54. The van der Waals surface area contributed by atoms with Crippen LogP contribution >= 0.6 is 0 Å². The summed E-state index contributed by atoms with van der Waals surface area (Å²) in [5.41, 5.74) is 11.4. The van der Waals surface area contributed by atoms with E-state index in [1.54, 1.807) is 23.4 Å². The molecule has 0 aliphatic carbocycles. The van der Waals surface area contributed by atoms with Gasteiger partial charge >= 0.3 is 5.97 Å². The molecular weight excluding hydrogens is 406 g/mol. The summed E-state index contributed by atoms with van der Waals surface area (Å²) in [7, 11) is 1.34. The van der Waals surface area contributed by atoms with Crippen molar-refractivity contribution in [3.8, 4) is 22.3 Å². The van der Waals surface area contributed by atoms with Gasteiger partial charge in [0, 0.05) is 47.6 Å². The normalized spacial score (nSPS) is 13.7. The van der Waals surface area contributed by atoms with Crippen LogP contribution in [0.15, 0.2) is 54.9 Å². The van der Waals surface area contributed by atoms with Gasteiger partial charge in [-0.25, -0.2) is 14.8 Å². The fourth-order valence-electron chi connectivity index (χ4n) is 4.09. The number of ether oxygens (including phenoxy) is 1. The van der Waals surface area contributed by atoms with Crippen molar-refractivity contribution in [1.29, 1.82) is 0 Å². The van der Waals surface area contributed by atoms with Gasteiger partial charge in [-0.15, -0.1) is 0 Å². The van der Waals surface area contributed by atoms with E-state index in [1.807, 2.05) is 36.4 Å². The number of carbonyl (C=O) groups excluding carboxylic acids is 2. The van der Waals surface area contributed by atoms with Crippen molar-refractivity contribution < 1.29 is 14.3 Å². The molecule has 1 aliphatic heterocycles. The van der Waals surface area contributed by atoms with Crippen LogP contribution in [0.2, 0.25) is 0 Å². The number of benzene rings is 1. The first-order chi connectivity index (χ1) is 15.5. The highest BCUT2D eigenvalue weighted by Gasteiger charge is 2.21. The zero-order valence-electron chi connectivity index (χ0n) is 17.5. The monoisotopic (exact) mass is 427 g/mol. The first-order valence-corrected chi connectivity index (χ1v) is 10.3. The molecule has 0 unspecified atom stereocenters. The van der Waals surface area contributed by atoms with Crippen molar-refractivity contribution in [2.75, 3.05) is 24.3 Å². The number of anilines is 2. The van der Waals surface area contributed by atoms with Gasteiger partial charge in [0.25, 0.3) is 0 Å². The number of nitrogen functional groups attached to an aromatic ring is 1. The summed E-state index contributed by atoms with van der Waals surface area (Å²) >= 11 is 0. The van der Waals surface area contributed by atoms with Crippen molar-refractivity contribution in [1.82, 2.24) is 15.0 Å². The third kappa shape index (κ3) is 3.35. The number of H-pyrrole nitrogens is 1. The van der Waals surface area contributed by atoms with Crippen molar-refractivity contribution >= 4 is 34.4 Å². The van der Waals surface area contributed by atoms with Crippen LogP contribution in [0.3, 0.4) is 0 Å². The second-order valence-electron chi connectivity index (χ2n) is 7.65. The lowest BCUT2D eigenvalue weighted by Gasteiger charge is -2.16. The summed E-state index contributed by atoms with van der Waals surface area (Å²) in [4.78, 5) is 37.4. The molecule has 5 rings (SSSR count). The molecular formula is C24H21N5O3. The van der Waals surface area contributed by atoms with E-state index in [9.17, 15) is 9.59 Å². The van der Waals surface area contributed by atoms with E-state index in [-0.39, 0.29) is 5.91 Å². The van der Waals surface area contributed by atoms with Crippen LogP contribution in [0.4, 0.5) is 11.5 Å². The minimum Gasteiger partial charge on any atom is -0.464 e. The number of nitrogens with two attached hydrogens (primary N) is 1. The van der Waals surface area contributed by atoms with Gasteiger partial charge in [0.1, 0.15) is 17.2 Å². The number of nitrogens with one attached hydrogen (secondary N) is 1. The molecule has 1 amide bonds. The molecule has 32 heavy (non-hydrogen) atoms. The second kappa shape index (κ2) is 7.81. The fourth-order valence-corrected chi connectivity index (χ4v) is 4.09. The van der Waals surface area contributed by atoms with Crippen LogP contribution in [-0.4, -0.2) is 40.5 Å². The average Bonchev–Trinajstić information content (AvgIpc) is 3.45. The van der Waals surface area contributed by atoms with E-state index < -0.39 is 5.97 Å². The number of hydrogen-bond donors (Lipinski definition) is 2. The average molecular weight is 427 g/mol. The Morgan fingerprint density at radius 1 is 1.09 bits per heavy atom. The first-order valence-electron chi connectivity index (χ1n) is 10.3. The van der Waals surface area contributed by atoms with Gasteiger partial charge in [-0.1, -0.05) is 12.1 Å². The van der Waals surface area contributed by atoms with Crippen molar-refractivity contribution in [2.24, 2.45) is 0 Å². The number of amides is 1. The topological polar surface area (TPSA) is 114 Å². The number of carbonyl (C=O) groups is 2. The highest BCUT2D eigenvalue weighted by atomic mass is 16.5. The zero-order valence-corrected chi connectivity index (χ0v) is 17.5. The van der Waals surface area contributed by atoms with Gasteiger partial charge in [-0.05, 0) is 47.9 Å². The standard InChI is InChI=1S/C24H21N5O3/c1-32-24(31)20-12-19-17(8-9-26-23(19)28-20)15-11-18(22(25)27-13-15)14-4-6-16(7-5-14)29-10-2-3-21(29)30/h4-9,11-13H,2-3,10H2,1H3,(H2,25,27)(H,26,28). The highest BCUT2D eigenvalue weighted by molar-refractivity contribution is 6.00. The van der Waals surface area contributed by atoms with Crippen molar-refractivity contribution in [3.63, 3.8) is 0 Å². The summed E-state index contributed by atoms with van der Waals surface area (Å²) in [6, 6.07) is 13.3. The van der Waals surface area contributed by atoms with Crippen LogP contribution in [0.25, 0.3) is 33.3 Å². The molecule has 8 heteroatoms. The largest absolute Gasteiger partial charge is 0.464 e. The molecule has 0 bridgehead atoms. The van der Waals surface area contributed by atoms with Crippen LogP contribution in [0, 0.1) is 0 Å². The maximum atomic E-state index is 12.0. The summed E-state index contributed by atoms with van der Waals surface area (Å²) in [6.45, 7) is 0.750. The molecule has 4 aromatic rings. The lowest BCUT2D eigenvalue weighted by Crippen LogP contribution is -2.23. The Bertz CT molecular complexity index is 1340. The number of aromatic amines is 1. The molecule has 1 aromatic carbocycles. The number of pyridine rings is 2. The predicted octanol–water partition coefficient (Wildman–Crippen LogP) is 3.79. The molecule has 0 saturated carbocycles. The number of methoxy groups -OCH3 is 1. The molecule has 3 aromatic heterocycles. The fraction of sp³-hybridized carbons (Fsp3) is 0.167. The molecule has 0 radical (unpaired) electrons. The molecule has 160 valence electrons. The SMILES string of the molecule is COC(=O)c1cc2c(-c3cnc(N)c(-c4ccc(N5CCCC5=O)cc4)c3)ccnc2[nH]1. The molecule has 0 spiro atoms. The van der Waals surface area contributed by atoms with Crippen LogP contribution in [0.1, 0.15) is 23.3 Å². The number of rotatable bonds is 4. The summed E-state index contributed by atoms with van der Waals surface area (Å²) in [5, 5.41) is 0.785.